The van der Waals surface area contributed by atoms with Gasteiger partial charge in [0.2, 0.25) is 0 Å². The number of halogens is 1. The van der Waals surface area contributed by atoms with Gasteiger partial charge in [0.1, 0.15) is 0 Å². The molecule has 116 valence electrons. The molecule has 0 aliphatic heterocycles. The van der Waals surface area contributed by atoms with E-state index in [2.05, 4.69) is 96.7 Å². The van der Waals surface area contributed by atoms with Gasteiger partial charge in [-0.25, -0.2) is 0 Å². The fourth-order valence-corrected chi connectivity index (χ4v) is 8.55. The van der Waals surface area contributed by atoms with Crippen molar-refractivity contribution in [2.45, 2.75) is 30.4 Å². The largest absolute Gasteiger partial charge is 0.0923 e. The first-order valence-electron chi connectivity index (χ1n) is 8.23. The molecule has 3 aliphatic carbocycles. The predicted octanol–water partition coefficient (Wildman–Crippen LogP) is 6.52. The van der Waals surface area contributed by atoms with Gasteiger partial charge in [-0.15, -0.1) is 0 Å². The summed E-state index contributed by atoms with van der Waals surface area (Å²) in [5.74, 6) is 0. The molecule has 1 aromatic carbocycles. The molecule has 0 saturated heterocycles. The second-order valence-electron chi connectivity index (χ2n) is 7.22. The summed E-state index contributed by atoms with van der Waals surface area (Å²) in [7, 11) is -1.59. The van der Waals surface area contributed by atoms with Crippen LogP contribution in [0.4, 0.5) is 0 Å². The van der Waals surface area contributed by atoms with E-state index in [1.54, 1.807) is 5.20 Å². The van der Waals surface area contributed by atoms with E-state index in [1.165, 1.54) is 27.8 Å². The highest BCUT2D eigenvalue weighted by Crippen LogP contribution is 2.52. The van der Waals surface area contributed by atoms with Crippen molar-refractivity contribution in [1.29, 1.82) is 0 Å². The summed E-state index contributed by atoms with van der Waals surface area (Å²) in [6, 6.07) is 8.75. The first kappa shape index (κ1) is 15.2. The molecule has 1 aromatic rings. The van der Waals surface area contributed by atoms with Crippen LogP contribution in [0, 0.1) is 0 Å². The van der Waals surface area contributed by atoms with Crippen LogP contribution in [-0.4, -0.2) is 8.07 Å². The van der Waals surface area contributed by atoms with Crippen molar-refractivity contribution < 1.29 is 0 Å². The Morgan fingerprint density at radius 1 is 1.00 bits per heavy atom. The Kier molecular flexibility index (Phi) is 3.51. The maximum Gasteiger partial charge on any atom is 0.0923 e. The van der Waals surface area contributed by atoms with Gasteiger partial charge in [-0.3, -0.25) is 0 Å². The van der Waals surface area contributed by atoms with E-state index >= 15 is 0 Å². The van der Waals surface area contributed by atoms with Gasteiger partial charge in [0.05, 0.1) is 12.9 Å². The molecular formula is C21H21BrSi. The standard InChI is InChI=1S/C21H21BrSi/c1-14-12-18-19(13-15-8-4-7-11-17(15)20(18)22)21(14)23(2,3)16-9-5-6-10-16/h4-13,16,20H,1-3H3. The van der Waals surface area contributed by atoms with E-state index in [-0.39, 0.29) is 0 Å². The van der Waals surface area contributed by atoms with E-state index in [0.29, 0.717) is 10.4 Å². The highest BCUT2D eigenvalue weighted by atomic mass is 79.9. The molecule has 0 saturated carbocycles. The third-order valence-electron chi connectivity index (χ3n) is 5.41. The molecule has 0 N–H and O–H groups in total. The molecule has 0 radical (unpaired) electrons. The summed E-state index contributed by atoms with van der Waals surface area (Å²) >= 11 is 3.95. The average Bonchev–Trinajstić information content (AvgIpc) is 3.15. The van der Waals surface area contributed by atoms with Gasteiger partial charge in [-0.05, 0) is 46.0 Å². The number of rotatable bonds is 2. The molecule has 0 amide bonds. The van der Waals surface area contributed by atoms with Crippen molar-refractivity contribution in [2.75, 3.05) is 0 Å². The Morgan fingerprint density at radius 2 is 1.70 bits per heavy atom. The Labute approximate surface area is 148 Å². The molecule has 4 rings (SSSR count). The normalized spacial score (nSPS) is 23.0. The first-order valence-corrected chi connectivity index (χ1v) is 12.2. The van der Waals surface area contributed by atoms with Gasteiger partial charge in [0.15, 0.2) is 0 Å². The van der Waals surface area contributed by atoms with Gasteiger partial charge in [-0.1, -0.05) is 89.2 Å². The fourth-order valence-electron chi connectivity index (χ4n) is 4.24. The topological polar surface area (TPSA) is 0 Å². The van der Waals surface area contributed by atoms with Crippen LogP contribution in [0.15, 0.2) is 76.6 Å². The van der Waals surface area contributed by atoms with Crippen LogP contribution in [0.25, 0.3) is 6.08 Å². The van der Waals surface area contributed by atoms with E-state index in [1.807, 2.05) is 0 Å². The molecule has 1 unspecified atom stereocenters. The van der Waals surface area contributed by atoms with Crippen LogP contribution in [0.5, 0.6) is 0 Å². The molecule has 0 nitrogen and oxygen atoms in total. The van der Waals surface area contributed by atoms with Crippen molar-refractivity contribution in [1.82, 2.24) is 0 Å². The zero-order chi connectivity index (χ0) is 16.2. The predicted molar refractivity (Wildman–Crippen MR) is 106 cm³/mol. The second kappa shape index (κ2) is 5.32. The molecule has 0 aromatic heterocycles. The quantitative estimate of drug-likeness (QED) is 0.404. The highest BCUT2D eigenvalue weighted by molar-refractivity contribution is 9.09. The second-order valence-corrected chi connectivity index (χ2v) is 12.8. The summed E-state index contributed by atoms with van der Waals surface area (Å²) in [5, 5.41) is 1.63. The van der Waals surface area contributed by atoms with Crippen molar-refractivity contribution in [3.63, 3.8) is 0 Å². The Morgan fingerprint density at radius 3 is 2.43 bits per heavy atom. The molecule has 0 bridgehead atoms. The maximum absolute atomic E-state index is 3.95. The summed E-state index contributed by atoms with van der Waals surface area (Å²) in [4.78, 5) is 0.311. The molecule has 3 aliphatic rings. The Bertz CT molecular complexity index is 821. The molecule has 0 spiro atoms. The SMILES string of the molecule is CC1=C([Si](C)(C)C2C=CC=C2)C2=Cc3ccccc3C(Br)C2=C1. The lowest BCUT2D eigenvalue weighted by molar-refractivity contribution is 1.13. The minimum atomic E-state index is -1.59. The number of alkyl halides is 1. The third-order valence-corrected chi connectivity index (χ3v) is 10.4. The molecule has 0 heterocycles. The summed E-state index contributed by atoms with van der Waals surface area (Å²) < 4.78 is 0. The zero-order valence-electron chi connectivity index (χ0n) is 13.8. The third kappa shape index (κ3) is 2.23. The smallest absolute Gasteiger partial charge is 0.0800 e. The lowest BCUT2D eigenvalue weighted by Gasteiger charge is -2.34. The number of hydrogen-bond donors (Lipinski definition) is 0. The lowest BCUT2D eigenvalue weighted by Crippen LogP contribution is -2.35. The van der Waals surface area contributed by atoms with Crippen molar-refractivity contribution in [2.24, 2.45) is 0 Å². The molecule has 1 atom stereocenters. The minimum Gasteiger partial charge on any atom is -0.0800 e. The van der Waals surface area contributed by atoms with Crippen molar-refractivity contribution in [3.8, 4) is 0 Å². The van der Waals surface area contributed by atoms with E-state index in [9.17, 15) is 0 Å². The van der Waals surface area contributed by atoms with Gasteiger partial charge in [-0.2, -0.15) is 0 Å². The number of fused-ring (bicyclic) bond motifs is 2. The van der Waals surface area contributed by atoms with Gasteiger partial charge in [0, 0.05) is 0 Å². The lowest BCUT2D eigenvalue weighted by atomic mass is 9.89. The molecule has 23 heavy (non-hydrogen) atoms. The van der Waals surface area contributed by atoms with E-state index in [0.717, 1.165) is 0 Å². The Balaban J connectivity index is 1.85. The van der Waals surface area contributed by atoms with Crippen molar-refractivity contribution in [3.05, 3.63) is 87.7 Å². The molecule has 0 fully saturated rings. The first-order chi connectivity index (χ1) is 11.0. The number of benzene rings is 1. The molecule has 2 heteroatoms. The Hall–Kier alpha value is -1.38. The van der Waals surface area contributed by atoms with Gasteiger partial charge in [0.25, 0.3) is 0 Å². The van der Waals surface area contributed by atoms with E-state index < -0.39 is 8.07 Å². The van der Waals surface area contributed by atoms with Crippen LogP contribution in [0.3, 0.4) is 0 Å². The van der Waals surface area contributed by atoms with Gasteiger partial charge < -0.3 is 0 Å². The minimum absolute atomic E-state index is 0.311. The maximum atomic E-state index is 3.95. The summed E-state index contributed by atoms with van der Waals surface area (Å²) in [5.41, 5.74) is 7.74. The van der Waals surface area contributed by atoms with Crippen LogP contribution in [0.1, 0.15) is 22.9 Å². The summed E-state index contributed by atoms with van der Waals surface area (Å²) in [6.07, 6.45) is 14.0. The van der Waals surface area contributed by atoms with Crippen molar-refractivity contribution >= 4 is 30.1 Å². The molecular weight excluding hydrogens is 360 g/mol. The number of allylic oxidation sites excluding steroid dienone is 9. The van der Waals surface area contributed by atoms with Crippen LogP contribution in [-0.2, 0) is 0 Å². The van der Waals surface area contributed by atoms with E-state index in [4.69, 9.17) is 0 Å². The average molecular weight is 381 g/mol. The van der Waals surface area contributed by atoms with Crippen LogP contribution < -0.4 is 0 Å². The fraction of sp³-hybridized carbons (Fsp3) is 0.238. The highest BCUT2D eigenvalue weighted by Gasteiger charge is 2.41. The summed E-state index contributed by atoms with van der Waals surface area (Å²) in [6.45, 7) is 7.32. The van der Waals surface area contributed by atoms with Crippen LogP contribution in [0.2, 0.25) is 18.6 Å². The zero-order valence-corrected chi connectivity index (χ0v) is 16.4. The van der Waals surface area contributed by atoms with Crippen LogP contribution >= 0.6 is 15.9 Å². The monoisotopic (exact) mass is 380 g/mol. The van der Waals surface area contributed by atoms with Gasteiger partial charge >= 0.3 is 0 Å². The number of hydrogen-bond acceptors (Lipinski definition) is 0.